The van der Waals surface area contributed by atoms with Gasteiger partial charge in [0.25, 0.3) is 0 Å². The number of hydrogen-bond acceptors (Lipinski definition) is 4. The first-order chi connectivity index (χ1) is 9.45. The SMILES string of the molecule is CCOC(C)(C)c1nc(N)c(C)c(-c2ccccc2)n1. The molecule has 0 saturated heterocycles. The molecule has 0 aliphatic rings. The van der Waals surface area contributed by atoms with E-state index in [1.807, 2.05) is 58.0 Å². The molecule has 1 heterocycles. The fraction of sp³-hybridized carbons (Fsp3) is 0.375. The van der Waals surface area contributed by atoms with Gasteiger partial charge in [0.1, 0.15) is 11.4 Å². The summed E-state index contributed by atoms with van der Waals surface area (Å²) in [7, 11) is 0. The lowest BCUT2D eigenvalue weighted by Crippen LogP contribution is -2.25. The van der Waals surface area contributed by atoms with Crippen LogP contribution in [-0.4, -0.2) is 16.6 Å². The first kappa shape index (κ1) is 14.5. The van der Waals surface area contributed by atoms with Gasteiger partial charge in [-0.2, -0.15) is 0 Å². The van der Waals surface area contributed by atoms with Crippen molar-refractivity contribution in [3.63, 3.8) is 0 Å². The molecule has 2 aromatic rings. The van der Waals surface area contributed by atoms with Crippen LogP contribution in [-0.2, 0) is 10.3 Å². The van der Waals surface area contributed by atoms with E-state index in [4.69, 9.17) is 10.5 Å². The maximum Gasteiger partial charge on any atom is 0.162 e. The normalized spacial score (nSPS) is 11.6. The van der Waals surface area contributed by atoms with Gasteiger partial charge in [-0.25, -0.2) is 9.97 Å². The summed E-state index contributed by atoms with van der Waals surface area (Å²) in [5.74, 6) is 1.11. The molecule has 0 atom stereocenters. The van der Waals surface area contributed by atoms with E-state index < -0.39 is 5.60 Å². The predicted molar refractivity (Wildman–Crippen MR) is 81.3 cm³/mol. The molecule has 2 rings (SSSR count). The van der Waals surface area contributed by atoms with Gasteiger partial charge in [-0.15, -0.1) is 0 Å². The molecular weight excluding hydrogens is 250 g/mol. The summed E-state index contributed by atoms with van der Waals surface area (Å²) < 4.78 is 5.72. The van der Waals surface area contributed by atoms with Gasteiger partial charge in [0.2, 0.25) is 0 Å². The minimum Gasteiger partial charge on any atom is -0.383 e. The molecule has 4 nitrogen and oxygen atoms in total. The zero-order chi connectivity index (χ0) is 14.8. The Labute approximate surface area is 120 Å². The molecule has 0 radical (unpaired) electrons. The van der Waals surface area contributed by atoms with E-state index in [-0.39, 0.29) is 0 Å². The van der Waals surface area contributed by atoms with E-state index in [1.54, 1.807) is 0 Å². The second kappa shape index (κ2) is 5.59. The number of ether oxygens (including phenoxy) is 1. The number of aromatic nitrogens is 2. The molecule has 0 saturated carbocycles. The third kappa shape index (κ3) is 2.80. The minimum atomic E-state index is -0.555. The van der Waals surface area contributed by atoms with Crippen LogP contribution >= 0.6 is 0 Å². The van der Waals surface area contributed by atoms with Crippen LogP contribution in [0.4, 0.5) is 5.82 Å². The highest BCUT2D eigenvalue weighted by Gasteiger charge is 2.26. The molecule has 0 unspecified atom stereocenters. The van der Waals surface area contributed by atoms with Crippen LogP contribution < -0.4 is 5.73 Å². The lowest BCUT2D eigenvalue weighted by atomic mass is 10.0. The van der Waals surface area contributed by atoms with Crippen molar-refractivity contribution < 1.29 is 4.74 Å². The number of nitrogen functional groups attached to an aromatic ring is 1. The van der Waals surface area contributed by atoms with Crippen LogP contribution in [0.25, 0.3) is 11.3 Å². The van der Waals surface area contributed by atoms with Crippen LogP contribution in [0.15, 0.2) is 30.3 Å². The summed E-state index contributed by atoms with van der Waals surface area (Å²) in [6.45, 7) is 8.40. The van der Waals surface area contributed by atoms with Crippen LogP contribution in [0.1, 0.15) is 32.2 Å². The van der Waals surface area contributed by atoms with Crippen molar-refractivity contribution in [3.05, 3.63) is 41.7 Å². The Morgan fingerprint density at radius 1 is 1.15 bits per heavy atom. The summed E-state index contributed by atoms with van der Waals surface area (Å²) in [4.78, 5) is 9.07. The predicted octanol–water partition coefficient (Wildman–Crippen LogP) is 3.31. The maximum atomic E-state index is 6.04. The Hall–Kier alpha value is -1.94. The zero-order valence-corrected chi connectivity index (χ0v) is 12.5. The van der Waals surface area contributed by atoms with Gasteiger partial charge >= 0.3 is 0 Å². The van der Waals surface area contributed by atoms with Crippen LogP contribution in [0.5, 0.6) is 0 Å². The molecule has 0 bridgehead atoms. The third-order valence-electron chi connectivity index (χ3n) is 3.27. The van der Waals surface area contributed by atoms with E-state index in [9.17, 15) is 0 Å². The standard InChI is InChI=1S/C16H21N3O/c1-5-20-16(3,4)15-18-13(11(2)14(17)19-15)12-9-7-6-8-10-12/h6-10H,5H2,1-4H3,(H2,17,18,19). The number of nitrogens with two attached hydrogens (primary N) is 1. The molecule has 0 spiro atoms. The lowest BCUT2D eigenvalue weighted by molar-refractivity contribution is -0.0206. The smallest absolute Gasteiger partial charge is 0.162 e. The van der Waals surface area contributed by atoms with E-state index in [2.05, 4.69) is 9.97 Å². The second-order valence-electron chi connectivity index (χ2n) is 5.22. The fourth-order valence-electron chi connectivity index (χ4n) is 2.11. The molecule has 106 valence electrons. The Bertz CT molecular complexity index is 594. The highest BCUT2D eigenvalue weighted by atomic mass is 16.5. The summed E-state index contributed by atoms with van der Waals surface area (Å²) in [6, 6.07) is 9.99. The number of nitrogens with zero attached hydrogens (tertiary/aromatic N) is 2. The van der Waals surface area contributed by atoms with Crippen molar-refractivity contribution >= 4 is 5.82 Å². The van der Waals surface area contributed by atoms with Crippen molar-refractivity contribution in [2.75, 3.05) is 12.3 Å². The molecule has 0 aliphatic heterocycles. The summed E-state index contributed by atoms with van der Waals surface area (Å²) >= 11 is 0. The largest absolute Gasteiger partial charge is 0.383 e. The van der Waals surface area contributed by atoms with Crippen LogP contribution in [0.2, 0.25) is 0 Å². The van der Waals surface area contributed by atoms with Crippen molar-refractivity contribution in [3.8, 4) is 11.3 Å². The van der Waals surface area contributed by atoms with E-state index >= 15 is 0 Å². The average Bonchev–Trinajstić information content (AvgIpc) is 2.42. The molecule has 0 amide bonds. The van der Waals surface area contributed by atoms with Gasteiger partial charge in [-0.1, -0.05) is 30.3 Å². The maximum absolute atomic E-state index is 6.04. The Morgan fingerprint density at radius 2 is 1.80 bits per heavy atom. The number of hydrogen-bond donors (Lipinski definition) is 1. The number of rotatable bonds is 4. The topological polar surface area (TPSA) is 61.0 Å². The minimum absolute atomic E-state index is 0.502. The van der Waals surface area contributed by atoms with Crippen molar-refractivity contribution in [2.24, 2.45) is 0 Å². The first-order valence-electron chi connectivity index (χ1n) is 6.79. The van der Waals surface area contributed by atoms with E-state index in [0.29, 0.717) is 18.2 Å². The zero-order valence-electron chi connectivity index (χ0n) is 12.5. The fourth-order valence-corrected chi connectivity index (χ4v) is 2.11. The average molecular weight is 271 g/mol. The quantitative estimate of drug-likeness (QED) is 0.926. The summed E-state index contributed by atoms with van der Waals surface area (Å²) in [6.07, 6.45) is 0. The highest BCUT2D eigenvalue weighted by molar-refractivity contribution is 5.67. The van der Waals surface area contributed by atoms with Gasteiger partial charge in [0.15, 0.2) is 5.82 Å². The molecule has 2 N–H and O–H groups in total. The monoisotopic (exact) mass is 271 g/mol. The van der Waals surface area contributed by atoms with Gasteiger partial charge in [0, 0.05) is 17.7 Å². The lowest BCUT2D eigenvalue weighted by Gasteiger charge is -2.24. The second-order valence-corrected chi connectivity index (χ2v) is 5.22. The van der Waals surface area contributed by atoms with Gasteiger partial charge in [-0.3, -0.25) is 0 Å². The van der Waals surface area contributed by atoms with Crippen LogP contribution in [0.3, 0.4) is 0 Å². The molecule has 0 fully saturated rings. The highest BCUT2D eigenvalue weighted by Crippen LogP contribution is 2.29. The van der Waals surface area contributed by atoms with Crippen LogP contribution in [0, 0.1) is 6.92 Å². The van der Waals surface area contributed by atoms with Crippen molar-refractivity contribution in [1.82, 2.24) is 9.97 Å². The summed E-state index contributed by atoms with van der Waals surface area (Å²) in [5, 5.41) is 0. The Balaban J connectivity index is 2.56. The van der Waals surface area contributed by atoms with E-state index in [0.717, 1.165) is 16.8 Å². The molecular formula is C16H21N3O. The molecule has 1 aromatic heterocycles. The molecule has 4 heteroatoms. The number of anilines is 1. The third-order valence-corrected chi connectivity index (χ3v) is 3.27. The van der Waals surface area contributed by atoms with Crippen molar-refractivity contribution in [2.45, 2.75) is 33.3 Å². The first-order valence-corrected chi connectivity index (χ1v) is 6.79. The molecule has 20 heavy (non-hydrogen) atoms. The van der Waals surface area contributed by atoms with Gasteiger partial charge < -0.3 is 10.5 Å². The van der Waals surface area contributed by atoms with Crippen molar-refractivity contribution in [1.29, 1.82) is 0 Å². The Kier molecular flexibility index (Phi) is 4.04. The molecule has 1 aromatic carbocycles. The van der Waals surface area contributed by atoms with E-state index in [1.165, 1.54) is 0 Å². The van der Waals surface area contributed by atoms with Gasteiger partial charge in [0.05, 0.1) is 5.69 Å². The number of benzene rings is 1. The molecule has 0 aliphatic carbocycles. The Morgan fingerprint density at radius 3 is 2.40 bits per heavy atom. The van der Waals surface area contributed by atoms with Gasteiger partial charge in [-0.05, 0) is 27.7 Å². The summed E-state index contributed by atoms with van der Waals surface area (Å²) in [5.41, 5.74) is 8.28.